The van der Waals surface area contributed by atoms with Crippen molar-refractivity contribution in [3.8, 4) is 0 Å². The van der Waals surface area contributed by atoms with Gasteiger partial charge in [0.1, 0.15) is 6.54 Å². The monoisotopic (exact) mass is 289 g/mol. The average Bonchev–Trinajstić information content (AvgIpc) is 2.77. The number of piperazine rings is 1. The number of rotatable bonds is 3. The van der Waals surface area contributed by atoms with Crippen molar-refractivity contribution in [3.05, 3.63) is 22.4 Å². The van der Waals surface area contributed by atoms with Crippen LogP contribution >= 0.6 is 12.4 Å². The zero-order valence-electron chi connectivity index (χ0n) is 10.5. The van der Waals surface area contributed by atoms with Crippen LogP contribution < -0.4 is 5.32 Å². The van der Waals surface area contributed by atoms with Crippen LogP contribution in [0, 0.1) is 10.1 Å². The molecule has 1 aromatic rings. The van der Waals surface area contributed by atoms with E-state index in [0.717, 1.165) is 6.54 Å². The Kier molecular flexibility index (Phi) is 5.25. The molecule has 1 aliphatic rings. The van der Waals surface area contributed by atoms with E-state index in [1.54, 1.807) is 4.90 Å². The Labute approximate surface area is 116 Å². The smallest absolute Gasteiger partial charge is 0.358 e. The van der Waals surface area contributed by atoms with Gasteiger partial charge < -0.3 is 20.3 Å². The summed E-state index contributed by atoms with van der Waals surface area (Å²) in [7, 11) is 0. The molecule has 1 saturated heterocycles. The fraction of sp³-hybridized carbons (Fsp3) is 0.600. The standard InChI is InChI=1S/C10H15N5O3.ClH/c1-8-6-13(5-3-11-8)10(16)7-14-4-2-9(12-14)15(17)18;/h2,4,8,11H,3,5-7H2,1H3;1H. The molecule has 1 amide bonds. The van der Waals surface area contributed by atoms with Crippen LogP contribution in [-0.4, -0.2) is 51.2 Å². The number of nitro groups is 1. The maximum Gasteiger partial charge on any atom is 0.389 e. The summed E-state index contributed by atoms with van der Waals surface area (Å²) >= 11 is 0. The Balaban J connectivity index is 0.00000180. The summed E-state index contributed by atoms with van der Waals surface area (Å²) in [6.07, 6.45) is 1.45. The Morgan fingerprint density at radius 1 is 1.68 bits per heavy atom. The molecule has 1 aliphatic heterocycles. The maximum atomic E-state index is 12.0. The van der Waals surface area contributed by atoms with Gasteiger partial charge in [-0.25, -0.2) is 0 Å². The van der Waals surface area contributed by atoms with Crippen molar-refractivity contribution in [2.45, 2.75) is 19.5 Å². The number of carbonyl (C=O) groups is 1. The number of hydrogen-bond acceptors (Lipinski definition) is 5. The van der Waals surface area contributed by atoms with Crippen LogP contribution in [0.15, 0.2) is 12.3 Å². The SMILES string of the molecule is CC1CN(C(=O)Cn2ccc([N+](=O)[O-])n2)CCN1.Cl. The largest absolute Gasteiger partial charge is 0.389 e. The molecule has 0 bridgehead atoms. The van der Waals surface area contributed by atoms with Crippen LogP contribution in [0.4, 0.5) is 5.82 Å². The number of halogens is 1. The quantitative estimate of drug-likeness (QED) is 0.626. The van der Waals surface area contributed by atoms with Crippen LogP contribution in [0.25, 0.3) is 0 Å². The number of hydrogen-bond donors (Lipinski definition) is 1. The molecule has 0 saturated carbocycles. The minimum absolute atomic E-state index is 0. The first-order valence-corrected chi connectivity index (χ1v) is 5.75. The molecular weight excluding hydrogens is 274 g/mol. The lowest BCUT2D eigenvalue weighted by Crippen LogP contribution is -2.52. The first-order valence-electron chi connectivity index (χ1n) is 5.75. The lowest BCUT2D eigenvalue weighted by molar-refractivity contribution is -0.389. The summed E-state index contributed by atoms with van der Waals surface area (Å²) < 4.78 is 1.30. The summed E-state index contributed by atoms with van der Waals surface area (Å²) in [5, 5.41) is 17.4. The molecule has 1 unspecified atom stereocenters. The van der Waals surface area contributed by atoms with Crippen LogP contribution in [0.3, 0.4) is 0 Å². The summed E-state index contributed by atoms with van der Waals surface area (Å²) in [5.74, 6) is -0.308. The third kappa shape index (κ3) is 3.90. The summed E-state index contributed by atoms with van der Waals surface area (Å²) in [5.41, 5.74) is 0. The zero-order chi connectivity index (χ0) is 13.1. The van der Waals surface area contributed by atoms with Crippen molar-refractivity contribution in [1.82, 2.24) is 20.0 Å². The topological polar surface area (TPSA) is 93.3 Å². The summed E-state index contributed by atoms with van der Waals surface area (Å²) in [6, 6.07) is 1.56. The van der Waals surface area contributed by atoms with E-state index < -0.39 is 4.92 Å². The van der Waals surface area contributed by atoms with Gasteiger partial charge in [-0.15, -0.1) is 12.4 Å². The van der Waals surface area contributed by atoms with Gasteiger partial charge in [-0.05, 0) is 11.8 Å². The molecule has 106 valence electrons. The molecule has 0 radical (unpaired) electrons. The minimum atomic E-state index is -0.576. The fourth-order valence-corrected chi connectivity index (χ4v) is 1.93. The first-order chi connectivity index (χ1) is 8.56. The predicted molar refractivity (Wildman–Crippen MR) is 70.2 cm³/mol. The number of carbonyl (C=O) groups excluding carboxylic acids is 1. The minimum Gasteiger partial charge on any atom is -0.358 e. The second-order valence-electron chi connectivity index (χ2n) is 4.32. The van der Waals surface area contributed by atoms with E-state index in [9.17, 15) is 14.9 Å². The predicted octanol–water partition coefficient (Wildman–Crippen LogP) is 0.0334. The van der Waals surface area contributed by atoms with Crippen LogP contribution in [-0.2, 0) is 11.3 Å². The zero-order valence-corrected chi connectivity index (χ0v) is 11.3. The normalized spacial score (nSPS) is 18.8. The third-order valence-corrected chi connectivity index (χ3v) is 2.83. The lowest BCUT2D eigenvalue weighted by Gasteiger charge is -2.31. The van der Waals surface area contributed by atoms with Gasteiger partial charge in [-0.2, -0.15) is 4.68 Å². The van der Waals surface area contributed by atoms with Crippen molar-refractivity contribution >= 4 is 24.1 Å². The molecule has 1 N–H and O–H groups in total. The Bertz CT molecular complexity index is 464. The van der Waals surface area contributed by atoms with Crippen LogP contribution in [0.2, 0.25) is 0 Å². The summed E-state index contributed by atoms with van der Waals surface area (Å²) in [4.78, 5) is 23.6. The van der Waals surface area contributed by atoms with Gasteiger partial charge >= 0.3 is 5.82 Å². The second-order valence-corrected chi connectivity index (χ2v) is 4.32. The maximum absolute atomic E-state index is 12.0. The number of aromatic nitrogens is 2. The third-order valence-electron chi connectivity index (χ3n) is 2.83. The average molecular weight is 290 g/mol. The molecule has 9 heteroatoms. The Morgan fingerprint density at radius 3 is 3.00 bits per heavy atom. The molecule has 0 aromatic carbocycles. The van der Waals surface area contributed by atoms with Crippen molar-refractivity contribution in [1.29, 1.82) is 0 Å². The van der Waals surface area contributed by atoms with E-state index in [1.165, 1.54) is 16.9 Å². The van der Waals surface area contributed by atoms with Gasteiger partial charge in [-0.3, -0.25) is 4.79 Å². The van der Waals surface area contributed by atoms with Gasteiger partial charge in [0.15, 0.2) is 0 Å². The molecule has 0 aliphatic carbocycles. The van der Waals surface area contributed by atoms with E-state index in [-0.39, 0.29) is 36.7 Å². The fourth-order valence-electron chi connectivity index (χ4n) is 1.93. The molecule has 0 spiro atoms. The van der Waals surface area contributed by atoms with Crippen molar-refractivity contribution in [2.24, 2.45) is 0 Å². The Morgan fingerprint density at radius 2 is 2.42 bits per heavy atom. The molecule has 1 fully saturated rings. The van der Waals surface area contributed by atoms with E-state index >= 15 is 0 Å². The number of amides is 1. The van der Waals surface area contributed by atoms with Gasteiger partial charge in [0, 0.05) is 25.7 Å². The molecule has 8 nitrogen and oxygen atoms in total. The van der Waals surface area contributed by atoms with Crippen molar-refractivity contribution in [2.75, 3.05) is 19.6 Å². The first kappa shape index (κ1) is 15.4. The van der Waals surface area contributed by atoms with E-state index in [1.807, 2.05) is 6.92 Å². The highest BCUT2D eigenvalue weighted by atomic mass is 35.5. The van der Waals surface area contributed by atoms with E-state index in [2.05, 4.69) is 10.4 Å². The van der Waals surface area contributed by atoms with Gasteiger partial charge in [0.25, 0.3) is 0 Å². The van der Waals surface area contributed by atoms with Crippen LogP contribution in [0.5, 0.6) is 0 Å². The molecule has 2 heterocycles. The van der Waals surface area contributed by atoms with E-state index in [4.69, 9.17) is 0 Å². The molecular formula is C10H16ClN5O3. The van der Waals surface area contributed by atoms with Gasteiger partial charge in [0.05, 0.1) is 17.4 Å². The van der Waals surface area contributed by atoms with Crippen molar-refractivity contribution in [3.63, 3.8) is 0 Å². The Hall–Kier alpha value is -1.67. The highest BCUT2D eigenvalue weighted by Gasteiger charge is 2.22. The second kappa shape index (κ2) is 6.48. The van der Waals surface area contributed by atoms with Gasteiger partial charge in [0.2, 0.25) is 5.91 Å². The lowest BCUT2D eigenvalue weighted by atomic mass is 10.2. The molecule has 1 aromatic heterocycles. The number of nitrogens with one attached hydrogen (secondary N) is 1. The number of nitrogens with zero attached hydrogens (tertiary/aromatic N) is 4. The molecule has 19 heavy (non-hydrogen) atoms. The highest BCUT2D eigenvalue weighted by molar-refractivity contribution is 5.85. The summed E-state index contributed by atoms with van der Waals surface area (Å²) in [6.45, 7) is 4.14. The van der Waals surface area contributed by atoms with Crippen molar-refractivity contribution < 1.29 is 9.72 Å². The van der Waals surface area contributed by atoms with Gasteiger partial charge in [-0.1, -0.05) is 0 Å². The molecule has 1 atom stereocenters. The highest BCUT2D eigenvalue weighted by Crippen LogP contribution is 2.06. The van der Waals surface area contributed by atoms with E-state index in [0.29, 0.717) is 13.1 Å². The molecule has 2 rings (SSSR count). The van der Waals surface area contributed by atoms with Crippen LogP contribution in [0.1, 0.15) is 6.92 Å².